The Hall–Kier alpha value is -3.58. The van der Waals surface area contributed by atoms with Gasteiger partial charge in [0.1, 0.15) is 6.29 Å². The lowest BCUT2D eigenvalue weighted by molar-refractivity contribution is -0.384. The van der Waals surface area contributed by atoms with E-state index < -0.39 is 4.92 Å². The van der Waals surface area contributed by atoms with Gasteiger partial charge in [-0.2, -0.15) is 5.10 Å². The second kappa shape index (κ2) is 10.4. The molecule has 0 saturated carbocycles. The topological polar surface area (TPSA) is 88.7 Å². The molecule has 31 heavy (non-hydrogen) atoms. The van der Waals surface area contributed by atoms with E-state index in [4.69, 9.17) is 11.6 Å². The van der Waals surface area contributed by atoms with Gasteiger partial charge in [0.25, 0.3) is 5.69 Å². The van der Waals surface area contributed by atoms with Crippen LogP contribution in [0.25, 0.3) is 0 Å². The van der Waals surface area contributed by atoms with Crippen LogP contribution in [0, 0.1) is 10.1 Å². The zero-order valence-electron chi connectivity index (χ0n) is 16.9. The summed E-state index contributed by atoms with van der Waals surface area (Å²) >= 11 is 5.62. The Balaban J connectivity index is 0.000000229. The van der Waals surface area contributed by atoms with Gasteiger partial charge in [0, 0.05) is 43.2 Å². The molecule has 0 fully saturated rings. The van der Waals surface area contributed by atoms with Gasteiger partial charge in [-0.25, -0.2) is 0 Å². The van der Waals surface area contributed by atoms with Crippen molar-refractivity contribution in [3.8, 4) is 0 Å². The highest BCUT2D eigenvalue weighted by atomic mass is 35.5. The lowest BCUT2D eigenvalue weighted by Gasteiger charge is -2.17. The predicted molar refractivity (Wildman–Crippen MR) is 120 cm³/mol. The zero-order chi connectivity index (χ0) is 22.2. The first-order valence-corrected chi connectivity index (χ1v) is 10.00. The number of hydrazone groups is 1. The summed E-state index contributed by atoms with van der Waals surface area (Å²) in [6.45, 7) is 0. The molecule has 0 aliphatic carbocycles. The Labute approximate surface area is 185 Å². The highest BCUT2D eigenvalue weighted by molar-refractivity contribution is 6.30. The standard InChI is InChI=1S/C15H14N4O2.C8H7ClO/c1-18-15(13-4-2-3-9-16-13)10-14(17-18)11-5-7-12(8-6-11)19(20)21;9-8-3-1-7(2-4-8)5-6-10/h2-9,15H,10H2,1H3;1-4,6H,5H2. The van der Waals surface area contributed by atoms with Crippen LogP contribution in [0.2, 0.25) is 5.02 Å². The zero-order valence-corrected chi connectivity index (χ0v) is 17.6. The Morgan fingerprint density at radius 2 is 1.84 bits per heavy atom. The van der Waals surface area contributed by atoms with E-state index in [0.717, 1.165) is 35.2 Å². The summed E-state index contributed by atoms with van der Waals surface area (Å²) in [6.07, 6.45) is 3.86. The number of nitro groups is 1. The molecule has 1 aliphatic heterocycles. The summed E-state index contributed by atoms with van der Waals surface area (Å²) in [5.74, 6) is 0. The monoisotopic (exact) mass is 436 g/mol. The third kappa shape index (κ3) is 5.96. The molecule has 1 aromatic heterocycles. The fourth-order valence-corrected chi connectivity index (χ4v) is 3.28. The van der Waals surface area contributed by atoms with Crippen LogP contribution >= 0.6 is 11.6 Å². The van der Waals surface area contributed by atoms with Crippen LogP contribution in [0.3, 0.4) is 0 Å². The Bertz CT molecular complexity index is 1050. The van der Waals surface area contributed by atoms with Crippen molar-refractivity contribution < 1.29 is 9.72 Å². The first-order chi connectivity index (χ1) is 15.0. The first kappa shape index (κ1) is 22.1. The molecule has 0 saturated heterocycles. The number of rotatable bonds is 5. The summed E-state index contributed by atoms with van der Waals surface area (Å²) in [5, 5.41) is 17.8. The molecule has 7 nitrogen and oxygen atoms in total. The van der Waals surface area contributed by atoms with Crippen molar-refractivity contribution in [3.05, 3.63) is 105 Å². The minimum absolute atomic E-state index is 0.0898. The number of benzene rings is 2. The molecule has 1 atom stereocenters. The van der Waals surface area contributed by atoms with Gasteiger partial charge in [0.15, 0.2) is 0 Å². The van der Waals surface area contributed by atoms with Gasteiger partial charge < -0.3 is 4.79 Å². The van der Waals surface area contributed by atoms with Gasteiger partial charge in [0.05, 0.1) is 22.4 Å². The van der Waals surface area contributed by atoms with Crippen LogP contribution in [0.15, 0.2) is 78.0 Å². The van der Waals surface area contributed by atoms with Crippen LogP contribution in [0.5, 0.6) is 0 Å². The molecule has 0 spiro atoms. The highest BCUT2D eigenvalue weighted by Crippen LogP contribution is 2.30. The average Bonchev–Trinajstić information content (AvgIpc) is 3.18. The van der Waals surface area contributed by atoms with E-state index in [9.17, 15) is 14.9 Å². The number of carbonyl (C=O) groups excluding carboxylic acids is 1. The van der Waals surface area contributed by atoms with Crippen LogP contribution in [0.1, 0.15) is 29.3 Å². The van der Waals surface area contributed by atoms with E-state index >= 15 is 0 Å². The number of carbonyl (C=O) groups is 1. The van der Waals surface area contributed by atoms with E-state index in [-0.39, 0.29) is 11.7 Å². The number of nitro benzene ring substituents is 1. The van der Waals surface area contributed by atoms with Crippen LogP contribution < -0.4 is 0 Å². The van der Waals surface area contributed by atoms with Crippen molar-refractivity contribution in [2.24, 2.45) is 5.10 Å². The smallest absolute Gasteiger partial charge is 0.269 e. The number of nitrogens with zero attached hydrogens (tertiary/aromatic N) is 4. The second-order valence-corrected chi connectivity index (χ2v) is 7.33. The maximum atomic E-state index is 10.7. The molecule has 3 aromatic rings. The Kier molecular flexibility index (Phi) is 7.45. The number of pyridine rings is 1. The van der Waals surface area contributed by atoms with Gasteiger partial charge in [-0.15, -0.1) is 0 Å². The van der Waals surface area contributed by atoms with Crippen LogP contribution in [-0.2, 0) is 11.2 Å². The van der Waals surface area contributed by atoms with Gasteiger partial charge >= 0.3 is 0 Å². The van der Waals surface area contributed by atoms with Gasteiger partial charge in [0.2, 0.25) is 0 Å². The van der Waals surface area contributed by atoms with E-state index in [0.29, 0.717) is 11.4 Å². The number of aldehydes is 1. The van der Waals surface area contributed by atoms with Crippen molar-refractivity contribution in [1.82, 2.24) is 9.99 Å². The lowest BCUT2D eigenvalue weighted by Crippen LogP contribution is -2.15. The van der Waals surface area contributed by atoms with Crippen molar-refractivity contribution in [3.63, 3.8) is 0 Å². The van der Waals surface area contributed by atoms with E-state index in [1.54, 1.807) is 30.5 Å². The summed E-state index contributed by atoms with van der Waals surface area (Å²) < 4.78 is 0. The Morgan fingerprint density at radius 1 is 1.13 bits per heavy atom. The molecular weight excluding hydrogens is 416 g/mol. The largest absolute Gasteiger partial charge is 0.303 e. The quantitative estimate of drug-likeness (QED) is 0.324. The van der Waals surface area contributed by atoms with E-state index in [2.05, 4.69) is 10.1 Å². The number of halogens is 1. The van der Waals surface area contributed by atoms with Gasteiger partial charge in [-0.05, 0) is 47.5 Å². The van der Waals surface area contributed by atoms with Crippen molar-refractivity contribution in [2.75, 3.05) is 7.05 Å². The number of hydrogen-bond donors (Lipinski definition) is 0. The second-order valence-electron chi connectivity index (χ2n) is 6.90. The molecular formula is C23H21ClN4O3. The molecule has 2 heterocycles. The minimum Gasteiger partial charge on any atom is -0.303 e. The molecule has 0 bridgehead atoms. The van der Waals surface area contributed by atoms with Crippen LogP contribution in [-0.4, -0.2) is 34.0 Å². The molecule has 0 radical (unpaired) electrons. The molecule has 0 amide bonds. The third-order valence-corrected chi connectivity index (χ3v) is 5.04. The SMILES string of the molecule is CN1N=C(c2ccc([N+](=O)[O-])cc2)CC1c1ccccn1.O=CCc1ccc(Cl)cc1. The molecule has 158 valence electrons. The molecule has 8 heteroatoms. The van der Waals surface area contributed by atoms with Crippen molar-refractivity contribution in [1.29, 1.82) is 0 Å². The molecule has 0 N–H and O–H groups in total. The summed E-state index contributed by atoms with van der Waals surface area (Å²) in [7, 11) is 1.91. The fourth-order valence-electron chi connectivity index (χ4n) is 3.15. The molecule has 2 aromatic carbocycles. The third-order valence-electron chi connectivity index (χ3n) is 4.79. The summed E-state index contributed by atoms with van der Waals surface area (Å²) in [5.41, 5.74) is 3.89. The number of hydrogen-bond acceptors (Lipinski definition) is 6. The Morgan fingerprint density at radius 3 is 2.42 bits per heavy atom. The maximum Gasteiger partial charge on any atom is 0.269 e. The van der Waals surface area contributed by atoms with Crippen LogP contribution in [0.4, 0.5) is 5.69 Å². The highest BCUT2D eigenvalue weighted by Gasteiger charge is 2.27. The molecule has 1 aliphatic rings. The van der Waals surface area contributed by atoms with Crippen molar-refractivity contribution >= 4 is 29.3 Å². The molecule has 1 unspecified atom stereocenters. The first-order valence-electron chi connectivity index (χ1n) is 9.62. The van der Waals surface area contributed by atoms with E-state index in [1.165, 1.54) is 12.1 Å². The lowest BCUT2D eigenvalue weighted by atomic mass is 10.0. The maximum absolute atomic E-state index is 10.7. The average molecular weight is 437 g/mol. The summed E-state index contributed by atoms with van der Waals surface area (Å²) in [6, 6.07) is 19.7. The number of non-ortho nitro benzene ring substituents is 1. The van der Waals surface area contributed by atoms with E-state index in [1.807, 2.05) is 42.4 Å². The minimum atomic E-state index is -0.400. The van der Waals surface area contributed by atoms with Gasteiger partial charge in [-0.1, -0.05) is 29.8 Å². The summed E-state index contributed by atoms with van der Waals surface area (Å²) in [4.78, 5) is 24.7. The molecule has 4 rings (SSSR count). The number of aromatic nitrogens is 1. The fraction of sp³-hybridized carbons (Fsp3) is 0.174. The van der Waals surface area contributed by atoms with Crippen molar-refractivity contribution in [2.45, 2.75) is 18.9 Å². The predicted octanol–water partition coefficient (Wildman–Crippen LogP) is 4.85. The normalized spacial score (nSPS) is 15.0. The van der Waals surface area contributed by atoms with Gasteiger partial charge in [-0.3, -0.25) is 20.1 Å².